The summed E-state index contributed by atoms with van der Waals surface area (Å²) in [6.07, 6.45) is 0.395. The van der Waals surface area contributed by atoms with Gasteiger partial charge in [0.2, 0.25) is 0 Å². The highest BCUT2D eigenvalue weighted by atomic mass is 32.1. The number of esters is 1. The summed E-state index contributed by atoms with van der Waals surface area (Å²) in [5, 5.41) is 20.4. The number of methoxy groups -OCH3 is 1. The minimum absolute atomic E-state index is 0.507. The molecule has 0 radical (unpaired) electrons. The number of nitrogens with zero attached hydrogens (tertiary/aromatic N) is 1. The van der Waals surface area contributed by atoms with Crippen molar-refractivity contribution in [3.63, 3.8) is 0 Å². The van der Waals surface area contributed by atoms with Gasteiger partial charge in [-0.3, -0.25) is 0 Å². The molecule has 1 unspecified atom stereocenters. The van der Waals surface area contributed by atoms with Crippen molar-refractivity contribution in [1.29, 1.82) is 5.26 Å². The number of carbonyl (C=O) groups is 1. The molecule has 0 spiro atoms. The van der Waals surface area contributed by atoms with Gasteiger partial charge in [-0.25, -0.2) is 4.79 Å². The third-order valence-corrected chi connectivity index (χ3v) is 4.11. The minimum atomic E-state index is -1.12. The van der Waals surface area contributed by atoms with Gasteiger partial charge in [0, 0.05) is 15.7 Å². The molecule has 5 heteroatoms. The van der Waals surface area contributed by atoms with Gasteiger partial charge in [0.25, 0.3) is 0 Å². The first-order chi connectivity index (χ1) is 7.64. The summed E-state index contributed by atoms with van der Waals surface area (Å²) >= 11 is 1.41. The van der Waals surface area contributed by atoms with Crippen molar-refractivity contribution in [2.24, 2.45) is 0 Å². The van der Waals surface area contributed by atoms with Crippen molar-refractivity contribution in [1.82, 2.24) is 0 Å². The molecule has 0 aliphatic heterocycles. The van der Waals surface area contributed by atoms with E-state index in [-0.39, 0.29) is 0 Å². The van der Waals surface area contributed by atoms with Crippen LogP contribution in [0.15, 0.2) is 11.4 Å². The zero-order valence-electron chi connectivity index (χ0n) is 8.77. The second-order valence-electron chi connectivity index (χ2n) is 3.89. The molecular formula is C11H11NO3S. The molecule has 1 aromatic rings. The van der Waals surface area contributed by atoms with Gasteiger partial charge in [-0.1, -0.05) is 0 Å². The number of nitriles is 1. The topological polar surface area (TPSA) is 70.3 Å². The Bertz CT molecular complexity index is 456. The number of hydrogen-bond donors (Lipinski definition) is 1. The Morgan fingerprint density at radius 3 is 2.88 bits per heavy atom. The molecule has 84 valence electrons. The molecule has 0 amide bonds. The Balaban J connectivity index is 2.26. The molecule has 1 heterocycles. The zero-order valence-corrected chi connectivity index (χ0v) is 9.58. The summed E-state index contributed by atoms with van der Waals surface area (Å²) in [7, 11) is 1.26. The van der Waals surface area contributed by atoms with Crippen LogP contribution in [-0.4, -0.2) is 24.3 Å². The molecular weight excluding hydrogens is 226 g/mol. The molecule has 4 nitrogen and oxygen atoms in total. The van der Waals surface area contributed by atoms with Gasteiger partial charge in [0.05, 0.1) is 12.7 Å². The van der Waals surface area contributed by atoms with Crippen molar-refractivity contribution in [3.05, 3.63) is 21.9 Å². The fourth-order valence-corrected chi connectivity index (χ4v) is 2.90. The van der Waals surface area contributed by atoms with E-state index in [1.807, 2.05) is 6.07 Å². The van der Waals surface area contributed by atoms with E-state index in [4.69, 9.17) is 5.26 Å². The molecule has 1 aliphatic carbocycles. The summed E-state index contributed by atoms with van der Waals surface area (Å²) in [6, 6.07) is 3.78. The Kier molecular flexibility index (Phi) is 2.70. The number of ether oxygens (including phenoxy) is 1. The van der Waals surface area contributed by atoms with Crippen LogP contribution < -0.4 is 0 Å². The van der Waals surface area contributed by atoms with Crippen molar-refractivity contribution in [2.75, 3.05) is 7.11 Å². The maximum Gasteiger partial charge on any atom is 0.335 e. The molecule has 1 fully saturated rings. The van der Waals surface area contributed by atoms with E-state index in [0.717, 1.165) is 17.7 Å². The average molecular weight is 237 g/mol. The first kappa shape index (κ1) is 11.1. The van der Waals surface area contributed by atoms with E-state index in [0.29, 0.717) is 5.56 Å². The number of carbonyl (C=O) groups excluding carboxylic acids is 1. The third-order valence-electron chi connectivity index (χ3n) is 2.96. The maximum absolute atomic E-state index is 11.3. The summed E-state index contributed by atoms with van der Waals surface area (Å²) in [5.41, 5.74) is 0.0655. The highest BCUT2D eigenvalue weighted by molar-refractivity contribution is 7.10. The van der Waals surface area contributed by atoms with E-state index in [1.54, 1.807) is 11.4 Å². The molecule has 1 N–H and O–H groups in total. The zero-order chi connectivity index (χ0) is 11.8. The van der Waals surface area contributed by atoms with Crippen molar-refractivity contribution in [2.45, 2.75) is 24.4 Å². The second-order valence-corrected chi connectivity index (χ2v) is 4.80. The molecule has 1 aliphatic rings. The fraction of sp³-hybridized carbons (Fsp3) is 0.455. The Morgan fingerprint density at radius 2 is 2.44 bits per heavy atom. The number of aliphatic hydroxyl groups is 1. The predicted molar refractivity (Wildman–Crippen MR) is 58.0 cm³/mol. The Labute approximate surface area is 97.1 Å². The van der Waals surface area contributed by atoms with E-state index in [2.05, 4.69) is 4.74 Å². The molecule has 0 bridgehead atoms. The number of rotatable bonds is 3. The SMILES string of the molecule is COC(=O)C(O)C1(c2cc(C#N)cs2)CC1. The molecule has 1 atom stereocenters. The summed E-state index contributed by atoms with van der Waals surface area (Å²) in [4.78, 5) is 12.2. The van der Waals surface area contributed by atoms with E-state index in [9.17, 15) is 9.90 Å². The normalized spacial score (nSPS) is 18.6. The minimum Gasteiger partial charge on any atom is -0.467 e. The van der Waals surface area contributed by atoms with Crippen LogP contribution in [0.3, 0.4) is 0 Å². The standard InChI is InChI=1S/C11H11NO3S/c1-15-10(14)9(13)11(2-3-11)8-4-7(5-12)6-16-8/h4,6,9,13H,2-3H2,1H3. The monoisotopic (exact) mass is 237 g/mol. The van der Waals surface area contributed by atoms with E-state index in [1.165, 1.54) is 18.4 Å². The van der Waals surface area contributed by atoms with Crippen molar-refractivity contribution >= 4 is 17.3 Å². The first-order valence-corrected chi connectivity index (χ1v) is 5.77. The number of hydrogen-bond acceptors (Lipinski definition) is 5. The van der Waals surface area contributed by atoms with Crippen LogP contribution in [-0.2, 0) is 14.9 Å². The summed E-state index contributed by atoms with van der Waals surface area (Å²) in [6.45, 7) is 0. The predicted octanol–water partition coefficient (Wildman–Crippen LogP) is 1.19. The fourth-order valence-electron chi connectivity index (χ4n) is 1.78. The molecule has 1 saturated carbocycles. The molecule has 0 saturated heterocycles. The van der Waals surface area contributed by atoms with Gasteiger partial charge in [-0.05, 0) is 18.9 Å². The van der Waals surface area contributed by atoms with Gasteiger partial charge >= 0.3 is 5.97 Å². The summed E-state index contributed by atoms with van der Waals surface area (Å²) < 4.78 is 4.54. The lowest BCUT2D eigenvalue weighted by Gasteiger charge is -2.18. The maximum atomic E-state index is 11.3. The van der Waals surface area contributed by atoms with Gasteiger partial charge < -0.3 is 9.84 Å². The Morgan fingerprint density at radius 1 is 1.75 bits per heavy atom. The average Bonchev–Trinajstić information content (AvgIpc) is 2.98. The van der Waals surface area contributed by atoms with Crippen LogP contribution in [0.2, 0.25) is 0 Å². The largest absolute Gasteiger partial charge is 0.467 e. The highest BCUT2D eigenvalue weighted by Gasteiger charge is 2.54. The quantitative estimate of drug-likeness (QED) is 0.801. The van der Waals surface area contributed by atoms with Crippen LogP contribution in [0.4, 0.5) is 0 Å². The van der Waals surface area contributed by atoms with Crippen molar-refractivity contribution < 1.29 is 14.6 Å². The lowest BCUT2D eigenvalue weighted by Crippen LogP contribution is -2.34. The van der Waals surface area contributed by atoms with Gasteiger partial charge in [-0.2, -0.15) is 5.26 Å². The van der Waals surface area contributed by atoms with Crippen LogP contribution in [0.25, 0.3) is 0 Å². The molecule has 0 aromatic carbocycles. The third kappa shape index (κ3) is 1.60. The van der Waals surface area contributed by atoms with Gasteiger partial charge in [0.15, 0.2) is 6.10 Å². The lowest BCUT2D eigenvalue weighted by molar-refractivity contribution is -0.152. The van der Waals surface area contributed by atoms with Crippen LogP contribution in [0, 0.1) is 11.3 Å². The second kappa shape index (κ2) is 3.89. The molecule has 16 heavy (non-hydrogen) atoms. The van der Waals surface area contributed by atoms with Crippen LogP contribution >= 0.6 is 11.3 Å². The smallest absolute Gasteiger partial charge is 0.335 e. The Hall–Kier alpha value is -1.38. The van der Waals surface area contributed by atoms with E-state index >= 15 is 0 Å². The lowest BCUT2D eigenvalue weighted by atomic mass is 9.97. The van der Waals surface area contributed by atoms with Gasteiger partial charge in [0.1, 0.15) is 6.07 Å². The van der Waals surface area contributed by atoms with E-state index < -0.39 is 17.5 Å². The summed E-state index contributed by atoms with van der Waals surface area (Å²) in [5.74, 6) is -0.607. The first-order valence-electron chi connectivity index (χ1n) is 4.89. The molecule has 2 rings (SSSR count). The van der Waals surface area contributed by atoms with Crippen LogP contribution in [0.5, 0.6) is 0 Å². The van der Waals surface area contributed by atoms with Crippen LogP contribution in [0.1, 0.15) is 23.3 Å². The van der Waals surface area contributed by atoms with Crippen molar-refractivity contribution in [3.8, 4) is 6.07 Å². The van der Waals surface area contributed by atoms with Gasteiger partial charge in [-0.15, -0.1) is 11.3 Å². The number of aliphatic hydroxyl groups excluding tert-OH is 1. The highest BCUT2D eigenvalue weighted by Crippen LogP contribution is 2.53. The molecule has 1 aromatic heterocycles. The number of thiophene rings is 1.